The number of aryl methyl sites for hydroxylation is 2. The molecule has 0 unspecified atom stereocenters. The third-order valence-electron chi connectivity index (χ3n) is 4.16. The van der Waals surface area contributed by atoms with Crippen molar-refractivity contribution in [1.29, 1.82) is 0 Å². The van der Waals surface area contributed by atoms with E-state index < -0.39 is 0 Å². The second-order valence-corrected chi connectivity index (χ2v) is 5.59. The Balaban J connectivity index is 2.13. The van der Waals surface area contributed by atoms with Gasteiger partial charge < -0.3 is 14.4 Å². The van der Waals surface area contributed by atoms with Gasteiger partial charge in [-0.3, -0.25) is 9.48 Å². The lowest BCUT2D eigenvalue weighted by molar-refractivity contribution is -0.136. The van der Waals surface area contributed by atoms with Gasteiger partial charge in [0.15, 0.2) is 0 Å². The van der Waals surface area contributed by atoms with E-state index in [0.717, 1.165) is 23.4 Å². The van der Waals surface area contributed by atoms with Crippen LogP contribution in [0.2, 0.25) is 0 Å². The summed E-state index contributed by atoms with van der Waals surface area (Å²) in [5, 5.41) is 4.42. The standard InChI is InChI=1S/C15H25N3O3/c1-11-14(12(2)17(3)16-11)9-18(6-8-20-4)15(19)13-5-7-21-10-13/h13H,5-10H2,1-4H3/t13-/m1/s1. The van der Waals surface area contributed by atoms with E-state index in [-0.39, 0.29) is 11.8 Å². The maximum absolute atomic E-state index is 12.6. The van der Waals surface area contributed by atoms with Crippen LogP contribution >= 0.6 is 0 Å². The fourth-order valence-corrected chi connectivity index (χ4v) is 2.69. The second-order valence-electron chi connectivity index (χ2n) is 5.59. The third-order valence-corrected chi connectivity index (χ3v) is 4.16. The number of rotatable bonds is 6. The van der Waals surface area contributed by atoms with E-state index in [9.17, 15) is 4.79 Å². The van der Waals surface area contributed by atoms with Crippen LogP contribution < -0.4 is 0 Å². The highest BCUT2D eigenvalue weighted by molar-refractivity contribution is 5.79. The maximum Gasteiger partial charge on any atom is 0.228 e. The van der Waals surface area contributed by atoms with E-state index in [2.05, 4.69) is 5.10 Å². The molecule has 118 valence electrons. The number of ether oxygens (including phenoxy) is 2. The Labute approximate surface area is 126 Å². The number of nitrogens with zero attached hydrogens (tertiary/aromatic N) is 3. The topological polar surface area (TPSA) is 56.6 Å². The molecule has 1 aromatic rings. The molecule has 6 nitrogen and oxygen atoms in total. The van der Waals surface area contributed by atoms with Gasteiger partial charge in [-0.2, -0.15) is 5.10 Å². The van der Waals surface area contributed by atoms with Crippen LogP contribution in [-0.2, 0) is 27.9 Å². The Kier molecular flexibility index (Phi) is 5.36. The van der Waals surface area contributed by atoms with Crippen molar-refractivity contribution in [3.8, 4) is 0 Å². The molecule has 0 bridgehead atoms. The van der Waals surface area contributed by atoms with Gasteiger partial charge in [-0.25, -0.2) is 0 Å². The van der Waals surface area contributed by atoms with Gasteiger partial charge >= 0.3 is 0 Å². The van der Waals surface area contributed by atoms with Crippen LogP contribution in [0.3, 0.4) is 0 Å². The molecule has 0 radical (unpaired) electrons. The van der Waals surface area contributed by atoms with Gasteiger partial charge in [0.1, 0.15) is 0 Å². The van der Waals surface area contributed by atoms with Gasteiger partial charge in [-0.05, 0) is 20.3 Å². The lowest BCUT2D eigenvalue weighted by Gasteiger charge is -2.25. The zero-order valence-corrected chi connectivity index (χ0v) is 13.4. The molecule has 1 amide bonds. The fraction of sp³-hybridized carbons (Fsp3) is 0.733. The van der Waals surface area contributed by atoms with Crippen molar-refractivity contribution in [3.05, 3.63) is 17.0 Å². The van der Waals surface area contributed by atoms with Crippen LogP contribution in [0.1, 0.15) is 23.4 Å². The van der Waals surface area contributed by atoms with Gasteiger partial charge in [0.05, 0.1) is 24.8 Å². The van der Waals surface area contributed by atoms with E-state index >= 15 is 0 Å². The zero-order valence-electron chi connectivity index (χ0n) is 13.4. The second kappa shape index (κ2) is 7.04. The summed E-state index contributed by atoms with van der Waals surface area (Å²) in [5.74, 6) is 0.145. The molecule has 0 saturated carbocycles. The number of hydrogen-bond donors (Lipinski definition) is 0. The predicted molar refractivity (Wildman–Crippen MR) is 78.9 cm³/mol. The first-order chi connectivity index (χ1) is 10.0. The third kappa shape index (κ3) is 3.63. The monoisotopic (exact) mass is 295 g/mol. The average Bonchev–Trinajstić information content (AvgIpc) is 3.06. The van der Waals surface area contributed by atoms with Crippen LogP contribution in [0.15, 0.2) is 0 Å². The number of amides is 1. The molecule has 1 fully saturated rings. The van der Waals surface area contributed by atoms with E-state index in [1.54, 1.807) is 7.11 Å². The van der Waals surface area contributed by atoms with Gasteiger partial charge in [0.25, 0.3) is 0 Å². The molecule has 0 N–H and O–H groups in total. The van der Waals surface area contributed by atoms with E-state index in [0.29, 0.717) is 32.9 Å². The highest BCUT2D eigenvalue weighted by atomic mass is 16.5. The summed E-state index contributed by atoms with van der Waals surface area (Å²) in [6, 6.07) is 0. The molecular formula is C15H25N3O3. The average molecular weight is 295 g/mol. The highest BCUT2D eigenvalue weighted by Crippen LogP contribution is 2.20. The van der Waals surface area contributed by atoms with Crippen molar-refractivity contribution in [2.24, 2.45) is 13.0 Å². The molecule has 6 heteroatoms. The summed E-state index contributed by atoms with van der Waals surface area (Å²) in [4.78, 5) is 14.5. The summed E-state index contributed by atoms with van der Waals surface area (Å²) in [6.45, 7) is 6.96. The molecule has 0 spiro atoms. The zero-order chi connectivity index (χ0) is 15.4. The van der Waals surface area contributed by atoms with Gasteiger partial charge in [0.2, 0.25) is 5.91 Å². The van der Waals surface area contributed by atoms with E-state index in [4.69, 9.17) is 9.47 Å². The van der Waals surface area contributed by atoms with E-state index in [1.807, 2.05) is 30.5 Å². The highest BCUT2D eigenvalue weighted by Gasteiger charge is 2.28. The van der Waals surface area contributed by atoms with Crippen LogP contribution in [0.25, 0.3) is 0 Å². The number of carbonyl (C=O) groups excluding carboxylic acids is 1. The first-order valence-corrected chi connectivity index (χ1v) is 7.39. The Morgan fingerprint density at radius 3 is 2.81 bits per heavy atom. The lowest BCUT2D eigenvalue weighted by atomic mass is 10.1. The first kappa shape index (κ1) is 16.0. The molecular weight excluding hydrogens is 270 g/mol. The van der Waals surface area contributed by atoms with Gasteiger partial charge in [-0.1, -0.05) is 0 Å². The van der Waals surface area contributed by atoms with Gasteiger partial charge in [-0.15, -0.1) is 0 Å². The van der Waals surface area contributed by atoms with Crippen molar-refractivity contribution in [2.75, 3.05) is 33.5 Å². The van der Waals surface area contributed by atoms with Crippen LogP contribution in [0.5, 0.6) is 0 Å². The summed E-state index contributed by atoms with van der Waals surface area (Å²) in [6.07, 6.45) is 0.813. The minimum absolute atomic E-state index is 0.0147. The van der Waals surface area contributed by atoms with Crippen molar-refractivity contribution in [1.82, 2.24) is 14.7 Å². The Morgan fingerprint density at radius 2 is 2.29 bits per heavy atom. The van der Waals surface area contributed by atoms with Crippen LogP contribution in [0, 0.1) is 19.8 Å². The van der Waals surface area contributed by atoms with Crippen LogP contribution in [-0.4, -0.2) is 54.1 Å². The molecule has 0 aliphatic carbocycles. The van der Waals surface area contributed by atoms with Crippen molar-refractivity contribution in [3.63, 3.8) is 0 Å². The summed E-state index contributed by atoms with van der Waals surface area (Å²) < 4.78 is 12.3. The molecule has 1 aliphatic rings. The van der Waals surface area contributed by atoms with Crippen molar-refractivity contribution in [2.45, 2.75) is 26.8 Å². The minimum atomic E-state index is -0.0147. The Bertz CT molecular complexity index is 493. The number of methoxy groups -OCH3 is 1. The summed E-state index contributed by atoms with van der Waals surface area (Å²) in [7, 11) is 3.58. The SMILES string of the molecule is COCCN(Cc1c(C)nn(C)c1C)C(=O)[C@@H]1CCOC1. The molecule has 1 atom stereocenters. The van der Waals surface area contributed by atoms with Crippen molar-refractivity contribution >= 4 is 5.91 Å². The number of aromatic nitrogens is 2. The molecule has 1 aliphatic heterocycles. The molecule has 0 aromatic carbocycles. The quantitative estimate of drug-likeness (QED) is 0.787. The molecule has 1 aromatic heterocycles. The molecule has 1 saturated heterocycles. The molecule has 2 rings (SSSR count). The predicted octanol–water partition coefficient (Wildman–Crippen LogP) is 1.05. The molecule has 2 heterocycles. The summed E-state index contributed by atoms with van der Waals surface area (Å²) >= 11 is 0. The number of hydrogen-bond acceptors (Lipinski definition) is 4. The first-order valence-electron chi connectivity index (χ1n) is 7.39. The smallest absolute Gasteiger partial charge is 0.228 e. The fourth-order valence-electron chi connectivity index (χ4n) is 2.69. The Morgan fingerprint density at radius 1 is 1.52 bits per heavy atom. The number of carbonyl (C=O) groups is 1. The molecule has 21 heavy (non-hydrogen) atoms. The minimum Gasteiger partial charge on any atom is -0.383 e. The lowest BCUT2D eigenvalue weighted by Crippen LogP contribution is -2.38. The summed E-state index contributed by atoms with van der Waals surface area (Å²) in [5.41, 5.74) is 3.21. The largest absolute Gasteiger partial charge is 0.383 e. The van der Waals surface area contributed by atoms with E-state index in [1.165, 1.54) is 0 Å². The van der Waals surface area contributed by atoms with Gasteiger partial charge in [0, 0.05) is 45.1 Å². The maximum atomic E-state index is 12.6. The Hall–Kier alpha value is -1.40. The van der Waals surface area contributed by atoms with Crippen LogP contribution in [0.4, 0.5) is 0 Å². The normalized spacial score (nSPS) is 18.2. The van der Waals surface area contributed by atoms with Crippen molar-refractivity contribution < 1.29 is 14.3 Å².